The Bertz CT molecular complexity index is 432. The molecule has 0 atom stereocenters. The summed E-state index contributed by atoms with van der Waals surface area (Å²) in [5.74, 6) is -9.75. The number of aliphatic carboxylic acids is 9. The third kappa shape index (κ3) is 3440. The molecule has 1 radical (unpaired) electrons. The van der Waals surface area contributed by atoms with Gasteiger partial charge < -0.3 is 89.1 Å². The van der Waals surface area contributed by atoms with Crippen LogP contribution in [0.5, 0.6) is 0 Å². The molecule has 0 spiro atoms. The van der Waals surface area contributed by atoms with Gasteiger partial charge in [0.25, 0.3) is 0 Å². The van der Waals surface area contributed by atoms with Gasteiger partial charge in [-0.1, -0.05) is 0 Å². The molecule has 0 rings (SSSR count). The fourth-order valence-electron chi connectivity index (χ4n) is 0. The fraction of sp³-hybridized carbons (Fsp3) is 0.500. The van der Waals surface area contributed by atoms with E-state index in [4.69, 9.17) is 89.1 Å². The summed E-state index contributed by atoms with van der Waals surface area (Å²) in [4.78, 5) is 80.0. The number of hydrogen-bond donors (Lipinski definition) is 0. The van der Waals surface area contributed by atoms with Crippen LogP contribution in [0.25, 0.3) is 0 Å². The van der Waals surface area contributed by atoms with E-state index in [1.807, 2.05) is 0 Å². The van der Waals surface area contributed by atoms with E-state index in [0.717, 1.165) is 62.3 Å². The number of carbonyl (C=O) groups excluding carboxylic acids is 9. The molecular weight excluding hydrogens is 667 g/mol. The quantitative estimate of drug-likeness (QED) is 0.167. The van der Waals surface area contributed by atoms with Crippen molar-refractivity contribution in [3.8, 4) is 0 Å². The van der Waals surface area contributed by atoms with Gasteiger partial charge in [0.1, 0.15) is 0 Å². The Balaban J connectivity index is -0.0000000208. The van der Waals surface area contributed by atoms with E-state index in [-0.39, 0.29) is 39.3 Å². The minimum Gasteiger partial charge on any atom is -0.550 e. The monoisotopic (exact) mass is 707 g/mol. The largest absolute Gasteiger partial charge is 3.00 e. The van der Waals surface area contributed by atoms with Gasteiger partial charge in [0.05, 0.1) is 0 Å². The van der Waals surface area contributed by atoms with Crippen LogP contribution in [-0.2, 0) is 62.6 Å². The summed E-state index contributed by atoms with van der Waals surface area (Å²) in [5, 5.41) is 80.0. The van der Waals surface area contributed by atoms with Gasteiger partial charge in [-0.15, -0.1) is 0 Å². The van der Waals surface area contributed by atoms with Crippen molar-refractivity contribution in [2.24, 2.45) is 0 Å². The second kappa shape index (κ2) is 70.2. The summed E-state index contributed by atoms with van der Waals surface area (Å²) in [7, 11) is 0. The minimum absolute atomic E-state index is 0. The van der Waals surface area contributed by atoms with Crippen LogP contribution in [0.3, 0.4) is 0 Å². The summed E-state index contributed by atoms with van der Waals surface area (Å²) in [6.45, 7) is 8.75. The van der Waals surface area contributed by atoms with E-state index in [2.05, 4.69) is 0 Å². The minimum atomic E-state index is -1.08. The van der Waals surface area contributed by atoms with Gasteiger partial charge in [-0.25, -0.2) is 0 Å². The Hall–Kier alpha value is -3.29. The van der Waals surface area contributed by atoms with Crippen molar-refractivity contribution in [1.82, 2.24) is 0 Å². The molecule has 0 aromatic heterocycles. The van der Waals surface area contributed by atoms with Gasteiger partial charge in [0.2, 0.25) is 0 Å². The van der Waals surface area contributed by atoms with Crippen LogP contribution in [0.2, 0.25) is 0 Å². The SMILES string of the molecule is CC(=O)[O-].CC(=O)[O-].CC(=O)[O-].CC(=O)[O-].CC(=O)[O-].CC(=O)[O-].CC(=O)[O-].CC(=O)[O-].CC(=O)[O-].[PH6+3].[PH6+3].[Ru+3]. The van der Waals surface area contributed by atoms with Crippen LogP contribution in [-0.4, -0.2) is 53.7 Å². The van der Waals surface area contributed by atoms with Gasteiger partial charge in [-0.05, 0) is 62.3 Å². The zero-order valence-electron chi connectivity index (χ0n) is 21.2. The Labute approximate surface area is 244 Å². The van der Waals surface area contributed by atoms with Crippen molar-refractivity contribution in [3.63, 3.8) is 0 Å². The molecule has 0 aromatic rings. The number of carboxylic acids is 9. The van der Waals surface area contributed by atoms with Gasteiger partial charge in [0.15, 0.2) is 0 Å². The van der Waals surface area contributed by atoms with E-state index in [9.17, 15) is 0 Å². The van der Waals surface area contributed by atoms with E-state index in [0.29, 0.717) is 0 Å². The van der Waals surface area contributed by atoms with Gasteiger partial charge >= 0.3 is 19.5 Å². The summed E-state index contributed by atoms with van der Waals surface area (Å²) in [5.41, 5.74) is 0. The molecule has 0 aliphatic rings. The maximum atomic E-state index is 8.89. The van der Waals surface area contributed by atoms with Crippen molar-refractivity contribution in [3.05, 3.63) is 0 Å². The Kier molecular flexibility index (Phi) is 138. The van der Waals surface area contributed by atoms with Crippen molar-refractivity contribution in [2.75, 3.05) is 0 Å². The maximum Gasteiger partial charge on any atom is 3.00 e. The smallest absolute Gasteiger partial charge is 0.550 e. The maximum absolute atomic E-state index is 8.89. The zero-order chi connectivity index (χ0) is 32.2. The average molecular weight is 707 g/mol. The normalized spacial score (nSPS) is 5.77. The summed E-state index contributed by atoms with van der Waals surface area (Å²) in [6, 6.07) is 0. The molecule has 39 heavy (non-hydrogen) atoms. The van der Waals surface area contributed by atoms with Gasteiger partial charge in [0, 0.05) is 53.7 Å². The molecule has 21 heteroatoms. The number of carboxylic acid groups (broad SMARTS) is 9. The molecular formula is C18H39O18P2Ru. The Morgan fingerprint density at radius 2 is 0.256 bits per heavy atom. The molecule has 0 aliphatic heterocycles. The summed E-state index contributed by atoms with van der Waals surface area (Å²) in [6.07, 6.45) is 0. The summed E-state index contributed by atoms with van der Waals surface area (Å²) < 4.78 is 0. The molecule has 18 nitrogen and oxygen atoms in total. The van der Waals surface area contributed by atoms with E-state index < -0.39 is 53.7 Å². The van der Waals surface area contributed by atoms with Crippen LogP contribution < -0.4 is 46.0 Å². The fourth-order valence-corrected chi connectivity index (χ4v) is 0. The van der Waals surface area contributed by atoms with Gasteiger partial charge in [-0.3, -0.25) is 19.8 Å². The topological polar surface area (TPSA) is 361 Å². The molecule has 237 valence electrons. The first-order chi connectivity index (χ1) is 15.6. The van der Waals surface area contributed by atoms with Crippen molar-refractivity contribution < 1.29 is 109 Å². The van der Waals surface area contributed by atoms with E-state index >= 15 is 0 Å². The molecule has 0 fully saturated rings. The van der Waals surface area contributed by atoms with Crippen LogP contribution in [0, 0.1) is 0 Å². The Morgan fingerprint density at radius 1 is 0.256 bits per heavy atom. The molecule has 0 saturated carbocycles. The molecule has 0 saturated heterocycles. The molecule has 0 aromatic carbocycles. The molecule has 0 heterocycles. The first-order valence-electron chi connectivity index (χ1n) is 8.17. The van der Waals surface area contributed by atoms with Crippen LogP contribution in [0.1, 0.15) is 62.3 Å². The molecule has 0 aliphatic carbocycles. The van der Waals surface area contributed by atoms with Crippen molar-refractivity contribution in [2.45, 2.75) is 62.3 Å². The summed E-state index contributed by atoms with van der Waals surface area (Å²) >= 11 is 0. The van der Waals surface area contributed by atoms with Crippen molar-refractivity contribution >= 4 is 73.5 Å². The van der Waals surface area contributed by atoms with E-state index in [1.165, 1.54) is 0 Å². The van der Waals surface area contributed by atoms with Crippen LogP contribution >= 0.6 is 19.8 Å². The number of carbonyl (C=O) groups is 9. The second-order valence-corrected chi connectivity index (χ2v) is 4.42. The van der Waals surface area contributed by atoms with E-state index in [1.54, 1.807) is 0 Å². The van der Waals surface area contributed by atoms with Crippen molar-refractivity contribution in [1.29, 1.82) is 0 Å². The molecule has 0 amide bonds. The molecule has 0 unspecified atom stereocenters. The zero-order valence-corrected chi connectivity index (χ0v) is 22.9. The van der Waals surface area contributed by atoms with Gasteiger partial charge in [-0.2, -0.15) is 0 Å². The standard InChI is InChI=1S/9C2H4O2.2H6P.Ru/c9*1-2(3)4;;;/h9*1H3,(H,3,4);2*1H6;/q;;;;;;;;;3*+3/p-9. The predicted molar refractivity (Wildman–Crippen MR) is 127 cm³/mol. The Morgan fingerprint density at radius 3 is 0.256 bits per heavy atom. The second-order valence-electron chi connectivity index (χ2n) is 4.42. The number of hydrogen-bond acceptors (Lipinski definition) is 18. The average Bonchev–Trinajstić information content (AvgIpc) is 2.39. The van der Waals surface area contributed by atoms with Crippen LogP contribution in [0.15, 0.2) is 0 Å². The first kappa shape index (κ1) is 76.5. The predicted octanol–water partition coefficient (Wildman–Crippen LogP) is -12.7. The molecule has 0 N–H and O–H groups in total. The molecule has 0 bridgehead atoms. The number of rotatable bonds is 0. The third-order valence-corrected chi connectivity index (χ3v) is 0. The third-order valence-electron chi connectivity index (χ3n) is 0. The van der Waals surface area contributed by atoms with Crippen LogP contribution in [0.4, 0.5) is 0 Å². The first-order valence-corrected chi connectivity index (χ1v) is 8.17.